The Hall–Kier alpha value is -2.42. The average molecular weight is 422 g/mol. The van der Waals surface area contributed by atoms with Gasteiger partial charge in [-0.05, 0) is 29.8 Å². The van der Waals surface area contributed by atoms with E-state index in [0.29, 0.717) is 23.7 Å². The molecule has 7 nitrogen and oxygen atoms in total. The van der Waals surface area contributed by atoms with Gasteiger partial charge in [-0.1, -0.05) is 41.9 Å². The fourth-order valence-corrected chi connectivity index (χ4v) is 4.30. The molecule has 0 aliphatic carbocycles. The summed E-state index contributed by atoms with van der Waals surface area (Å²) >= 11 is 5.81. The van der Waals surface area contributed by atoms with Crippen LogP contribution in [0.5, 0.6) is 0 Å². The number of hydrogen-bond donors (Lipinski definition) is 1. The first-order chi connectivity index (χ1) is 13.3. The summed E-state index contributed by atoms with van der Waals surface area (Å²) in [5.74, 6) is -0.724. The van der Waals surface area contributed by atoms with Gasteiger partial charge in [0.2, 0.25) is 21.8 Å². The standard InChI is InChI=1S/C19H20ClN3O4S/c1-22(28(26,27)16-9-7-15(20)8-10-16)13-17(24)23-12-11-21-19(25)18(23)14-5-3-2-4-6-14/h2-10,18H,11-13H2,1H3,(H,21,25)/t18-/m0/s1. The Labute approximate surface area is 168 Å². The van der Waals surface area contributed by atoms with E-state index in [9.17, 15) is 18.0 Å². The quantitative estimate of drug-likeness (QED) is 0.795. The smallest absolute Gasteiger partial charge is 0.247 e. The molecule has 3 rings (SSSR count). The summed E-state index contributed by atoms with van der Waals surface area (Å²) in [6.07, 6.45) is 0. The van der Waals surface area contributed by atoms with Crippen molar-refractivity contribution < 1.29 is 18.0 Å². The molecule has 2 aromatic carbocycles. The average Bonchev–Trinajstić information content (AvgIpc) is 2.68. The van der Waals surface area contributed by atoms with E-state index in [1.54, 1.807) is 24.3 Å². The second-order valence-corrected chi connectivity index (χ2v) is 8.89. The normalized spacial score (nSPS) is 17.5. The van der Waals surface area contributed by atoms with E-state index < -0.39 is 22.0 Å². The van der Waals surface area contributed by atoms with Crippen LogP contribution in [0.1, 0.15) is 11.6 Å². The van der Waals surface area contributed by atoms with E-state index in [1.807, 2.05) is 6.07 Å². The minimum Gasteiger partial charge on any atom is -0.352 e. The van der Waals surface area contributed by atoms with Gasteiger partial charge in [0.25, 0.3) is 0 Å². The van der Waals surface area contributed by atoms with Crippen molar-refractivity contribution in [1.29, 1.82) is 0 Å². The minimum atomic E-state index is -3.86. The van der Waals surface area contributed by atoms with Gasteiger partial charge in [0.1, 0.15) is 6.04 Å². The Kier molecular flexibility index (Phi) is 6.02. The van der Waals surface area contributed by atoms with Gasteiger partial charge in [-0.25, -0.2) is 8.42 Å². The molecule has 1 saturated heterocycles. The topological polar surface area (TPSA) is 86.8 Å². The van der Waals surface area contributed by atoms with Crippen LogP contribution in [0.25, 0.3) is 0 Å². The molecule has 1 heterocycles. The lowest BCUT2D eigenvalue weighted by Crippen LogP contribution is -2.54. The maximum Gasteiger partial charge on any atom is 0.247 e. The van der Waals surface area contributed by atoms with Crippen LogP contribution in [0.2, 0.25) is 5.02 Å². The van der Waals surface area contributed by atoms with E-state index in [-0.39, 0.29) is 17.3 Å². The summed E-state index contributed by atoms with van der Waals surface area (Å²) in [5, 5.41) is 3.17. The van der Waals surface area contributed by atoms with Gasteiger partial charge in [-0.3, -0.25) is 9.59 Å². The fraction of sp³-hybridized carbons (Fsp3) is 0.263. The largest absolute Gasteiger partial charge is 0.352 e. The van der Waals surface area contributed by atoms with Crippen LogP contribution in [0.4, 0.5) is 0 Å². The van der Waals surface area contributed by atoms with Crippen molar-refractivity contribution in [2.75, 3.05) is 26.7 Å². The molecule has 0 saturated carbocycles. The number of halogens is 1. The van der Waals surface area contributed by atoms with Gasteiger partial charge in [0, 0.05) is 25.2 Å². The third kappa shape index (κ3) is 4.19. The van der Waals surface area contributed by atoms with Gasteiger partial charge in [-0.15, -0.1) is 0 Å². The highest BCUT2D eigenvalue weighted by molar-refractivity contribution is 7.89. The highest BCUT2D eigenvalue weighted by Gasteiger charge is 2.35. The Morgan fingerprint density at radius 3 is 2.46 bits per heavy atom. The van der Waals surface area contributed by atoms with Crippen LogP contribution < -0.4 is 5.32 Å². The molecule has 2 amide bonds. The zero-order chi connectivity index (χ0) is 20.3. The zero-order valence-corrected chi connectivity index (χ0v) is 16.8. The number of rotatable bonds is 5. The maximum absolute atomic E-state index is 12.9. The second kappa shape index (κ2) is 8.30. The number of amides is 2. The van der Waals surface area contributed by atoms with Gasteiger partial charge >= 0.3 is 0 Å². The first-order valence-electron chi connectivity index (χ1n) is 8.65. The lowest BCUT2D eigenvalue weighted by atomic mass is 10.0. The van der Waals surface area contributed by atoms with Gasteiger partial charge in [0.05, 0.1) is 11.4 Å². The first-order valence-corrected chi connectivity index (χ1v) is 10.5. The molecule has 0 spiro atoms. The number of nitrogens with zero attached hydrogens (tertiary/aromatic N) is 2. The monoisotopic (exact) mass is 421 g/mol. The van der Waals surface area contributed by atoms with Crippen molar-refractivity contribution in [3.63, 3.8) is 0 Å². The first kappa shape index (κ1) is 20.3. The van der Waals surface area contributed by atoms with Gasteiger partial charge < -0.3 is 10.2 Å². The summed E-state index contributed by atoms with van der Waals surface area (Å²) in [5.41, 5.74) is 0.677. The third-order valence-electron chi connectivity index (χ3n) is 4.53. The van der Waals surface area contributed by atoms with Crippen molar-refractivity contribution in [1.82, 2.24) is 14.5 Å². The molecule has 1 N–H and O–H groups in total. The van der Waals surface area contributed by atoms with Crippen molar-refractivity contribution >= 4 is 33.4 Å². The molecule has 2 aromatic rings. The van der Waals surface area contributed by atoms with Gasteiger partial charge in [0.15, 0.2) is 0 Å². The van der Waals surface area contributed by atoms with Crippen LogP contribution in [0.3, 0.4) is 0 Å². The van der Waals surface area contributed by atoms with Crippen LogP contribution >= 0.6 is 11.6 Å². The predicted molar refractivity (Wildman–Crippen MR) is 105 cm³/mol. The Balaban J connectivity index is 1.80. The van der Waals surface area contributed by atoms with Crippen LogP contribution in [0.15, 0.2) is 59.5 Å². The SMILES string of the molecule is CN(CC(=O)N1CCNC(=O)[C@@H]1c1ccccc1)S(=O)(=O)c1ccc(Cl)cc1. The number of nitrogens with one attached hydrogen (secondary N) is 1. The minimum absolute atomic E-state index is 0.0446. The van der Waals surface area contributed by atoms with Crippen molar-refractivity contribution in [3.05, 3.63) is 65.2 Å². The van der Waals surface area contributed by atoms with E-state index in [1.165, 1.54) is 36.2 Å². The van der Waals surface area contributed by atoms with Crippen molar-refractivity contribution in [2.24, 2.45) is 0 Å². The molecular weight excluding hydrogens is 402 g/mol. The molecule has 0 unspecified atom stereocenters. The molecule has 1 fully saturated rings. The molecule has 0 radical (unpaired) electrons. The molecule has 1 aliphatic rings. The Morgan fingerprint density at radius 1 is 1.18 bits per heavy atom. The lowest BCUT2D eigenvalue weighted by Gasteiger charge is -2.36. The summed E-state index contributed by atoms with van der Waals surface area (Å²) in [4.78, 5) is 26.7. The summed E-state index contributed by atoms with van der Waals surface area (Å²) in [7, 11) is -2.52. The van der Waals surface area contributed by atoms with E-state index >= 15 is 0 Å². The lowest BCUT2D eigenvalue weighted by molar-refractivity contribution is -0.143. The number of piperazine rings is 1. The fourth-order valence-electron chi connectivity index (χ4n) is 3.06. The van der Waals surface area contributed by atoms with E-state index in [2.05, 4.69) is 5.32 Å². The van der Waals surface area contributed by atoms with E-state index in [0.717, 1.165) is 4.31 Å². The number of carbonyl (C=O) groups excluding carboxylic acids is 2. The molecule has 28 heavy (non-hydrogen) atoms. The van der Waals surface area contributed by atoms with E-state index in [4.69, 9.17) is 11.6 Å². The molecule has 1 aliphatic heterocycles. The number of hydrogen-bond acceptors (Lipinski definition) is 4. The number of benzene rings is 2. The Bertz CT molecular complexity index is 964. The summed E-state index contributed by atoms with van der Waals surface area (Å²) in [6, 6.07) is 13.9. The number of likely N-dealkylation sites (N-methyl/N-ethyl adjacent to an activating group) is 1. The van der Waals surface area contributed by atoms with Crippen LogP contribution in [-0.2, 0) is 19.6 Å². The highest BCUT2D eigenvalue weighted by atomic mass is 35.5. The molecule has 148 valence electrons. The van der Waals surface area contributed by atoms with Crippen LogP contribution in [-0.4, -0.2) is 56.1 Å². The maximum atomic E-state index is 12.9. The zero-order valence-electron chi connectivity index (χ0n) is 15.2. The van der Waals surface area contributed by atoms with Crippen LogP contribution in [0, 0.1) is 0 Å². The molecule has 0 aromatic heterocycles. The van der Waals surface area contributed by atoms with Crippen molar-refractivity contribution in [2.45, 2.75) is 10.9 Å². The molecule has 1 atom stereocenters. The molecule has 0 bridgehead atoms. The second-order valence-electron chi connectivity index (χ2n) is 6.41. The predicted octanol–water partition coefficient (Wildman–Crippen LogP) is 1.66. The third-order valence-corrected chi connectivity index (χ3v) is 6.60. The molecule has 9 heteroatoms. The van der Waals surface area contributed by atoms with Crippen molar-refractivity contribution in [3.8, 4) is 0 Å². The number of sulfonamides is 1. The number of carbonyl (C=O) groups is 2. The highest BCUT2D eigenvalue weighted by Crippen LogP contribution is 2.24. The van der Waals surface area contributed by atoms with Gasteiger partial charge in [-0.2, -0.15) is 4.31 Å². The summed E-state index contributed by atoms with van der Waals surface area (Å²) < 4.78 is 26.4. The summed E-state index contributed by atoms with van der Waals surface area (Å²) in [6.45, 7) is 0.252. The molecular formula is C19H20ClN3O4S. The Morgan fingerprint density at radius 2 is 1.82 bits per heavy atom.